The van der Waals surface area contributed by atoms with Gasteiger partial charge in [-0.25, -0.2) is 21.9 Å². The minimum absolute atomic E-state index is 0.0412. The molecule has 0 saturated carbocycles. The van der Waals surface area contributed by atoms with Gasteiger partial charge in [0.1, 0.15) is 4.90 Å². The molecule has 0 heterocycles. The second-order valence-corrected chi connectivity index (χ2v) is 6.20. The first-order valence-electron chi connectivity index (χ1n) is 5.18. The average molecular weight is 333 g/mol. The molecule has 0 fully saturated rings. The molecule has 0 radical (unpaired) electrons. The van der Waals surface area contributed by atoms with Gasteiger partial charge >= 0.3 is 0 Å². The molecule has 0 saturated heterocycles. The molecular weight excluding hydrogens is 321 g/mol. The van der Waals surface area contributed by atoms with Crippen LogP contribution in [0.5, 0.6) is 0 Å². The Bertz CT molecular complexity index is 553. The second-order valence-electron chi connectivity index (χ2n) is 3.65. The summed E-state index contributed by atoms with van der Waals surface area (Å²) < 4.78 is 49.6. The molecule has 4 nitrogen and oxygen atoms in total. The van der Waals surface area contributed by atoms with E-state index in [4.69, 9.17) is 23.2 Å². The van der Waals surface area contributed by atoms with Gasteiger partial charge in [0.05, 0.1) is 11.6 Å². The number of hydrogen-bond donors (Lipinski definition) is 2. The Morgan fingerprint density at radius 3 is 2.47 bits per heavy atom. The molecule has 108 valence electrons. The fourth-order valence-corrected chi connectivity index (χ4v) is 3.32. The fourth-order valence-electron chi connectivity index (χ4n) is 1.38. The van der Waals surface area contributed by atoms with Crippen LogP contribution < -0.4 is 10.0 Å². The van der Waals surface area contributed by atoms with Crippen molar-refractivity contribution < 1.29 is 17.2 Å². The summed E-state index contributed by atoms with van der Waals surface area (Å²) in [6.07, 6.45) is -2.79. The maximum absolute atomic E-state index is 12.1. The van der Waals surface area contributed by atoms with Gasteiger partial charge in [0, 0.05) is 11.6 Å². The van der Waals surface area contributed by atoms with E-state index in [0.29, 0.717) is 12.1 Å². The molecule has 0 amide bonds. The third-order valence-corrected chi connectivity index (χ3v) is 4.39. The molecule has 0 bridgehead atoms. The van der Waals surface area contributed by atoms with Gasteiger partial charge in [0.25, 0.3) is 6.43 Å². The Morgan fingerprint density at radius 1 is 1.32 bits per heavy atom. The molecule has 0 spiro atoms. The summed E-state index contributed by atoms with van der Waals surface area (Å²) in [6, 6.07) is 2.63. The summed E-state index contributed by atoms with van der Waals surface area (Å²) in [5.41, 5.74) is 0.467. The SMILES string of the molecule is CNCc1cc(Cl)cc(S(=O)(=O)NCC(F)F)c1Cl. The standard InChI is InChI=1S/C10H12Cl2F2N2O2S/c1-15-4-6-2-7(11)3-8(10(6)12)19(17,18)16-5-9(13)14/h2-3,9,15-16H,4-5H2,1H3. The van der Waals surface area contributed by atoms with Crippen LogP contribution in [-0.2, 0) is 16.6 Å². The van der Waals surface area contributed by atoms with Gasteiger partial charge in [-0.15, -0.1) is 0 Å². The Labute approximate surface area is 120 Å². The molecule has 0 aliphatic rings. The van der Waals surface area contributed by atoms with Crippen LogP contribution in [0.15, 0.2) is 17.0 Å². The summed E-state index contributed by atoms with van der Waals surface area (Å²) in [4.78, 5) is -0.312. The third kappa shape index (κ3) is 4.54. The molecule has 0 aliphatic carbocycles. The van der Waals surface area contributed by atoms with Crippen LogP contribution in [0.4, 0.5) is 8.78 Å². The van der Waals surface area contributed by atoms with Crippen molar-refractivity contribution in [1.82, 2.24) is 10.0 Å². The molecule has 1 aromatic carbocycles. The van der Waals surface area contributed by atoms with Gasteiger partial charge in [-0.2, -0.15) is 0 Å². The zero-order valence-electron chi connectivity index (χ0n) is 9.88. The lowest BCUT2D eigenvalue weighted by Crippen LogP contribution is -2.29. The normalized spacial score (nSPS) is 12.1. The molecule has 1 aromatic rings. The van der Waals surface area contributed by atoms with Crippen molar-refractivity contribution in [3.8, 4) is 0 Å². The zero-order chi connectivity index (χ0) is 14.6. The quantitative estimate of drug-likeness (QED) is 0.840. The number of hydrogen-bond acceptors (Lipinski definition) is 3. The zero-order valence-corrected chi connectivity index (χ0v) is 12.2. The molecule has 19 heavy (non-hydrogen) atoms. The van der Waals surface area contributed by atoms with Gasteiger partial charge in [-0.3, -0.25) is 0 Å². The second kappa shape index (κ2) is 6.81. The maximum Gasteiger partial charge on any atom is 0.251 e. The van der Waals surface area contributed by atoms with Gasteiger partial charge in [-0.1, -0.05) is 23.2 Å². The van der Waals surface area contributed by atoms with Crippen LogP contribution in [-0.4, -0.2) is 28.4 Å². The Hall–Kier alpha value is -0.470. The van der Waals surface area contributed by atoms with Gasteiger partial charge < -0.3 is 5.32 Å². The first kappa shape index (κ1) is 16.6. The van der Waals surface area contributed by atoms with E-state index >= 15 is 0 Å². The Balaban J connectivity index is 3.18. The smallest absolute Gasteiger partial charge is 0.251 e. The predicted molar refractivity (Wildman–Crippen MR) is 70.4 cm³/mol. The Morgan fingerprint density at radius 2 is 1.95 bits per heavy atom. The number of halogens is 4. The third-order valence-electron chi connectivity index (χ3n) is 2.16. The lowest BCUT2D eigenvalue weighted by Gasteiger charge is -2.12. The molecule has 0 unspecified atom stereocenters. The van der Waals surface area contributed by atoms with E-state index in [1.165, 1.54) is 6.07 Å². The van der Waals surface area contributed by atoms with Crippen molar-refractivity contribution in [2.24, 2.45) is 0 Å². The minimum Gasteiger partial charge on any atom is -0.316 e. The highest BCUT2D eigenvalue weighted by atomic mass is 35.5. The monoisotopic (exact) mass is 332 g/mol. The Kier molecular flexibility index (Phi) is 5.94. The molecule has 2 N–H and O–H groups in total. The highest BCUT2D eigenvalue weighted by molar-refractivity contribution is 7.89. The van der Waals surface area contributed by atoms with Crippen LogP contribution in [0.2, 0.25) is 10.0 Å². The average Bonchev–Trinajstić information content (AvgIpc) is 2.31. The summed E-state index contributed by atoms with van der Waals surface area (Å²) in [6.45, 7) is -0.677. The van der Waals surface area contributed by atoms with E-state index in [0.717, 1.165) is 6.07 Å². The topological polar surface area (TPSA) is 58.2 Å². The van der Waals surface area contributed by atoms with E-state index in [1.807, 2.05) is 0 Å². The van der Waals surface area contributed by atoms with Gasteiger partial charge in [0.2, 0.25) is 10.0 Å². The van der Waals surface area contributed by atoms with Gasteiger partial charge in [-0.05, 0) is 24.7 Å². The van der Waals surface area contributed by atoms with Crippen molar-refractivity contribution >= 4 is 33.2 Å². The highest BCUT2D eigenvalue weighted by Crippen LogP contribution is 2.29. The number of nitrogens with one attached hydrogen (secondary N) is 2. The van der Waals surface area contributed by atoms with E-state index in [-0.39, 0.29) is 14.9 Å². The van der Waals surface area contributed by atoms with E-state index in [9.17, 15) is 17.2 Å². The lowest BCUT2D eigenvalue weighted by atomic mass is 10.2. The van der Waals surface area contributed by atoms with E-state index in [1.54, 1.807) is 11.8 Å². The molecule has 0 aromatic heterocycles. The van der Waals surface area contributed by atoms with E-state index < -0.39 is 23.0 Å². The van der Waals surface area contributed by atoms with Crippen LogP contribution >= 0.6 is 23.2 Å². The first-order valence-corrected chi connectivity index (χ1v) is 7.42. The van der Waals surface area contributed by atoms with Crippen molar-refractivity contribution in [2.75, 3.05) is 13.6 Å². The number of sulfonamides is 1. The van der Waals surface area contributed by atoms with Crippen LogP contribution in [0.3, 0.4) is 0 Å². The lowest BCUT2D eigenvalue weighted by molar-refractivity contribution is 0.153. The van der Waals surface area contributed by atoms with E-state index in [2.05, 4.69) is 5.32 Å². The largest absolute Gasteiger partial charge is 0.316 e. The van der Waals surface area contributed by atoms with Crippen molar-refractivity contribution in [3.05, 3.63) is 27.7 Å². The molecule has 0 atom stereocenters. The van der Waals surface area contributed by atoms with Crippen molar-refractivity contribution in [1.29, 1.82) is 0 Å². The molecule has 0 aliphatic heterocycles. The molecule has 1 rings (SSSR count). The van der Waals surface area contributed by atoms with Crippen LogP contribution in [0.25, 0.3) is 0 Å². The van der Waals surface area contributed by atoms with Crippen molar-refractivity contribution in [2.45, 2.75) is 17.9 Å². The van der Waals surface area contributed by atoms with Crippen molar-refractivity contribution in [3.63, 3.8) is 0 Å². The molecule has 9 heteroatoms. The minimum atomic E-state index is -4.12. The number of benzene rings is 1. The summed E-state index contributed by atoms with van der Waals surface area (Å²) in [5.74, 6) is 0. The van der Waals surface area contributed by atoms with Crippen LogP contribution in [0, 0.1) is 0 Å². The summed E-state index contributed by atoms with van der Waals surface area (Å²) in [5, 5.41) is 2.92. The maximum atomic E-state index is 12.1. The first-order chi connectivity index (χ1) is 8.77. The fraction of sp³-hybridized carbons (Fsp3) is 0.400. The molecular formula is C10H12Cl2F2N2O2S. The summed E-state index contributed by atoms with van der Waals surface area (Å²) in [7, 11) is -2.47. The summed E-state index contributed by atoms with van der Waals surface area (Å²) >= 11 is 11.8. The number of rotatable bonds is 6. The van der Waals surface area contributed by atoms with Crippen LogP contribution in [0.1, 0.15) is 5.56 Å². The van der Waals surface area contributed by atoms with Gasteiger partial charge in [0.15, 0.2) is 0 Å². The number of alkyl halides is 2. The highest BCUT2D eigenvalue weighted by Gasteiger charge is 2.22. The predicted octanol–water partition coefficient (Wildman–Crippen LogP) is 2.26.